The van der Waals surface area contributed by atoms with E-state index in [0.29, 0.717) is 5.92 Å². The second-order valence-electron chi connectivity index (χ2n) is 4.64. The van der Waals surface area contributed by atoms with Gasteiger partial charge in [0, 0.05) is 10.4 Å². The van der Waals surface area contributed by atoms with Gasteiger partial charge in [-0.15, -0.1) is 5.10 Å². The maximum atomic E-state index is 4.14. The van der Waals surface area contributed by atoms with Crippen molar-refractivity contribution in [2.24, 2.45) is 0 Å². The lowest BCUT2D eigenvalue weighted by Crippen LogP contribution is -2.05. The van der Waals surface area contributed by atoms with Gasteiger partial charge in [-0.1, -0.05) is 6.07 Å². The third-order valence-corrected chi connectivity index (χ3v) is 3.65. The van der Waals surface area contributed by atoms with Crippen LogP contribution in [0.25, 0.3) is 5.69 Å². The van der Waals surface area contributed by atoms with Crippen molar-refractivity contribution in [2.45, 2.75) is 32.6 Å². The minimum Gasteiger partial charge on any atom is -0.196 e. The van der Waals surface area contributed by atoms with E-state index in [0.717, 1.165) is 16.0 Å². The number of aromatic nitrogens is 4. The van der Waals surface area contributed by atoms with Gasteiger partial charge in [-0.3, -0.25) is 0 Å². The Morgan fingerprint density at radius 2 is 2.06 bits per heavy atom. The minimum absolute atomic E-state index is 0.539. The zero-order valence-electron chi connectivity index (χ0n) is 9.81. The lowest BCUT2D eigenvalue weighted by Gasteiger charge is -2.10. The highest BCUT2D eigenvalue weighted by atomic mass is 79.9. The summed E-state index contributed by atoms with van der Waals surface area (Å²) < 4.78 is 2.92. The van der Waals surface area contributed by atoms with E-state index in [9.17, 15) is 0 Å². The molecule has 17 heavy (non-hydrogen) atoms. The van der Waals surface area contributed by atoms with Crippen LogP contribution in [0.4, 0.5) is 0 Å². The molecule has 88 valence electrons. The van der Waals surface area contributed by atoms with E-state index in [1.54, 1.807) is 0 Å². The van der Waals surface area contributed by atoms with E-state index < -0.39 is 0 Å². The van der Waals surface area contributed by atoms with Crippen molar-refractivity contribution < 1.29 is 0 Å². The molecular formula is C12H13BrN4. The number of benzene rings is 1. The van der Waals surface area contributed by atoms with Gasteiger partial charge in [0.05, 0.1) is 5.69 Å². The summed E-state index contributed by atoms with van der Waals surface area (Å²) in [5.74, 6) is 1.52. The van der Waals surface area contributed by atoms with Crippen LogP contribution in [-0.4, -0.2) is 20.2 Å². The Morgan fingerprint density at radius 1 is 1.29 bits per heavy atom. The normalized spacial score (nSPS) is 15.2. The second-order valence-corrected chi connectivity index (χ2v) is 5.49. The summed E-state index contributed by atoms with van der Waals surface area (Å²) in [4.78, 5) is 0. The van der Waals surface area contributed by atoms with Crippen LogP contribution in [0.2, 0.25) is 0 Å². The molecule has 1 aliphatic rings. The molecule has 3 rings (SSSR count). The van der Waals surface area contributed by atoms with Crippen molar-refractivity contribution in [2.75, 3.05) is 0 Å². The molecule has 1 aromatic carbocycles. The van der Waals surface area contributed by atoms with Gasteiger partial charge >= 0.3 is 0 Å². The van der Waals surface area contributed by atoms with Gasteiger partial charge in [-0.05, 0) is 70.2 Å². The maximum absolute atomic E-state index is 4.14. The van der Waals surface area contributed by atoms with Crippen LogP contribution in [0.5, 0.6) is 0 Å². The summed E-state index contributed by atoms with van der Waals surface area (Å²) in [5.41, 5.74) is 3.48. The zero-order valence-corrected chi connectivity index (χ0v) is 11.4. The topological polar surface area (TPSA) is 43.6 Å². The standard InChI is InChI=1S/C12H13BrN4/c1-7-5-8(2)11(10(13)6-7)17-12(9-3-4-9)14-15-16-17/h5-6,9H,3-4H2,1-2H3. The van der Waals surface area contributed by atoms with Gasteiger partial charge < -0.3 is 0 Å². The molecular weight excluding hydrogens is 280 g/mol. The quantitative estimate of drug-likeness (QED) is 0.855. The molecule has 0 bridgehead atoms. The van der Waals surface area contributed by atoms with Crippen LogP contribution in [0.3, 0.4) is 0 Å². The number of aryl methyl sites for hydroxylation is 2. The third kappa shape index (κ3) is 1.88. The van der Waals surface area contributed by atoms with Gasteiger partial charge in [0.1, 0.15) is 0 Å². The SMILES string of the molecule is Cc1cc(C)c(-n2nnnc2C2CC2)c(Br)c1. The Balaban J connectivity index is 2.17. The molecule has 1 heterocycles. The molecule has 0 spiro atoms. The number of nitrogens with zero attached hydrogens (tertiary/aromatic N) is 4. The fourth-order valence-corrected chi connectivity index (χ4v) is 2.97. The number of hydrogen-bond acceptors (Lipinski definition) is 3. The Bertz CT molecular complexity index is 549. The lowest BCUT2D eigenvalue weighted by atomic mass is 10.1. The first-order chi connectivity index (χ1) is 8.16. The van der Waals surface area contributed by atoms with Crippen LogP contribution < -0.4 is 0 Å². The van der Waals surface area contributed by atoms with Crippen molar-refractivity contribution in [1.29, 1.82) is 0 Å². The smallest absolute Gasteiger partial charge is 0.159 e. The van der Waals surface area contributed by atoms with Gasteiger partial charge in [0.25, 0.3) is 0 Å². The highest BCUT2D eigenvalue weighted by molar-refractivity contribution is 9.10. The van der Waals surface area contributed by atoms with Gasteiger partial charge in [0.2, 0.25) is 0 Å². The van der Waals surface area contributed by atoms with E-state index >= 15 is 0 Å². The first kappa shape index (κ1) is 10.9. The number of halogens is 1. The lowest BCUT2D eigenvalue weighted by molar-refractivity contribution is 0.756. The molecule has 0 amide bonds. The van der Waals surface area contributed by atoms with Crippen molar-refractivity contribution in [3.05, 3.63) is 33.6 Å². The molecule has 5 heteroatoms. The van der Waals surface area contributed by atoms with Crippen LogP contribution in [0, 0.1) is 13.8 Å². The molecule has 0 saturated heterocycles. The Hall–Kier alpha value is -1.23. The molecule has 4 nitrogen and oxygen atoms in total. The number of hydrogen-bond donors (Lipinski definition) is 0. The predicted octanol–water partition coefficient (Wildman–Crippen LogP) is 2.92. The van der Waals surface area contributed by atoms with E-state index in [1.807, 2.05) is 4.68 Å². The van der Waals surface area contributed by atoms with E-state index in [1.165, 1.54) is 24.0 Å². The fourth-order valence-electron chi connectivity index (χ4n) is 2.13. The summed E-state index contributed by atoms with van der Waals surface area (Å²) in [6, 6.07) is 4.25. The molecule has 0 unspecified atom stereocenters. The van der Waals surface area contributed by atoms with Crippen LogP contribution in [-0.2, 0) is 0 Å². The Labute approximate surface area is 108 Å². The zero-order chi connectivity index (χ0) is 12.0. The van der Waals surface area contributed by atoms with Crippen LogP contribution in [0.15, 0.2) is 16.6 Å². The van der Waals surface area contributed by atoms with Gasteiger partial charge in [-0.2, -0.15) is 4.68 Å². The summed E-state index contributed by atoms with van der Waals surface area (Å²) in [6.45, 7) is 4.17. The number of rotatable bonds is 2. The average molecular weight is 293 g/mol. The van der Waals surface area contributed by atoms with E-state index in [-0.39, 0.29) is 0 Å². The predicted molar refractivity (Wildman–Crippen MR) is 68.3 cm³/mol. The van der Waals surface area contributed by atoms with Crippen molar-refractivity contribution in [3.63, 3.8) is 0 Å². The summed E-state index contributed by atoms with van der Waals surface area (Å²) in [6.07, 6.45) is 2.39. The van der Waals surface area contributed by atoms with Crippen molar-refractivity contribution in [3.8, 4) is 5.69 Å². The minimum atomic E-state index is 0.539. The Morgan fingerprint density at radius 3 is 2.71 bits per heavy atom. The van der Waals surface area contributed by atoms with Crippen molar-refractivity contribution in [1.82, 2.24) is 20.2 Å². The molecule has 0 N–H and O–H groups in total. The first-order valence-electron chi connectivity index (χ1n) is 5.72. The molecule has 0 radical (unpaired) electrons. The van der Waals surface area contributed by atoms with Gasteiger partial charge in [-0.25, -0.2) is 0 Å². The van der Waals surface area contributed by atoms with Crippen molar-refractivity contribution >= 4 is 15.9 Å². The molecule has 1 saturated carbocycles. The van der Waals surface area contributed by atoms with Crippen LogP contribution in [0.1, 0.15) is 35.7 Å². The maximum Gasteiger partial charge on any atom is 0.159 e. The molecule has 1 fully saturated rings. The molecule has 2 aromatic rings. The highest BCUT2D eigenvalue weighted by Crippen LogP contribution is 2.40. The summed E-state index contributed by atoms with van der Waals surface area (Å²) >= 11 is 3.61. The Kier molecular flexibility index (Phi) is 2.50. The van der Waals surface area contributed by atoms with Crippen LogP contribution >= 0.6 is 15.9 Å². The third-order valence-electron chi connectivity index (χ3n) is 3.05. The largest absolute Gasteiger partial charge is 0.196 e. The van der Waals surface area contributed by atoms with Gasteiger partial charge in [0.15, 0.2) is 5.82 Å². The second kappa shape index (κ2) is 3.91. The van der Waals surface area contributed by atoms with E-state index in [4.69, 9.17) is 0 Å². The average Bonchev–Trinajstić information content (AvgIpc) is 2.98. The molecule has 0 atom stereocenters. The summed E-state index contributed by atoms with van der Waals surface area (Å²) in [7, 11) is 0. The number of tetrazole rings is 1. The van der Waals surface area contributed by atoms with E-state index in [2.05, 4.69) is 57.4 Å². The summed E-state index contributed by atoms with van der Waals surface area (Å²) in [5, 5.41) is 12.1. The molecule has 1 aromatic heterocycles. The molecule has 0 aliphatic heterocycles. The monoisotopic (exact) mass is 292 g/mol. The fraction of sp³-hybridized carbons (Fsp3) is 0.417. The first-order valence-corrected chi connectivity index (χ1v) is 6.51. The molecule has 1 aliphatic carbocycles. The highest BCUT2D eigenvalue weighted by Gasteiger charge is 2.30.